The van der Waals surface area contributed by atoms with E-state index in [1.165, 1.54) is 0 Å². The molecule has 1 aromatic heterocycles. The summed E-state index contributed by atoms with van der Waals surface area (Å²) in [6.07, 6.45) is 1.65. The molecule has 64 valence electrons. The van der Waals surface area contributed by atoms with E-state index in [1.54, 1.807) is 12.1 Å². The van der Waals surface area contributed by atoms with E-state index in [1.807, 2.05) is 12.1 Å². The van der Waals surface area contributed by atoms with Gasteiger partial charge in [0.2, 0.25) is 0 Å². The van der Waals surface area contributed by atoms with Crippen LogP contribution in [0.3, 0.4) is 0 Å². The third-order valence-corrected chi connectivity index (χ3v) is 1.58. The normalized spacial score (nSPS) is 12.5. The van der Waals surface area contributed by atoms with Crippen LogP contribution in [0.4, 0.5) is 0 Å². The number of nitrogens with zero attached hydrogens (tertiary/aromatic N) is 1. The van der Waals surface area contributed by atoms with Crippen molar-refractivity contribution in [2.45, 2.75) is 6.04 Å². The van der Waals surface area contributed by atoms with Crippen LogP contribution in [0.15, 0.2) is 24.8 Å². The van der Waals surface area contributed by atoms with Crippen LogP contribution in [0.1, 0.15) is 17.4 Å². The van der Waals surface area contributed by atoms with Crippen molar-refractivity contribution >= 4 is 6.08 Å². The Labute approximate surface area is 71.6 Å². The lowest BCUT2D eigenvalue weighted by Gasteiger charge is -2.07. The Morgan fingerprint density at radius 3 is 3.00 bits per heavy atom. The molecule has 0 aromatic carbocycles. The summed E-state index contributed by atoms with van der Waals surface area (Å²) in [4.78, 5) is 4.16. The Bertz CT molecular complexity index is 273. The summed E-state index contributed by atoms with van der Waals surface area (Å²) < 4.78 is 0. The van der Waals surface area contributed by atoms with Crippen LogP contribution in [0.5, 0.6) is 0 Å². The monoisotopic (exact) mass is 164 g/mol. The van der Waals surface area contributed by atoms with Crippen molar-refractivity contribution in [3.05, 3.63) is 36.2 Å². The molecule has 3 heteroatoms. The minimum Gasteiger partial charge on any atom is -0.394 e. The van der Waals surface area contributed by atoms with E-state index in [0.717, 1.165) is 5.69 Å². The molecule has 0 saturated heterocycles. The summed E-state index contributed by atoms with van der Waals surface area (Å²) in [5.74, 6) is 0. The largest absolute Gasteiger partial charge is 0.394 e. The number of aromatic nitrogens is 1. The first-order valence-electron chi connectivity index (χ1n) is 3.73. The van der Waals surface area contributed by atoms with Gasteiger partial charge < -0.3 is 10.8 Å². The number of rotatable bonds is 3. The standard InChI is InChI=1S/C9H12N2O/c1-2-7-4-3-5-9(11-7)8(10)6-12/h2-5,8,12H,1,6,10H2/t8-/m1/s1. The average Bonchev–Trinajstić information content (AvgIpc) is 2.17. The highest BCUT2D eigenvalue weighted by Crippen LogP contribution is 2.07. The molecule has 0 spiro atoms. The molecule has 3 N–H and O–H groups in total. The molecule has 0 aliphatic rings. The zero-order chi connectivity index (χ0) is 8.97. The maximum absolute atomic E-state index is 8.76. The first-order valence-corrected chi connectivity index (χ1v) is 3.73. The Hall–Kier alpha value is -1.19. The van der Waals surface area contributed by atoms with Gasteiger partial charge in [0.05, 0.1) is 24.0 Å². The number of hydrogen-bond donors (Lipinski definition) is 2. The van der Waals surface area contributed by atoms with Gasteiger partial charge in [-0.25, -0.2) is 0 Å². The van der Waals surface area contributed by atoms with Gasteiger partial charge in [-0.15, -0.1) is 0 Å². The molecule has 0 fully saturated rings. The molecule has 1 aromatic rings. The van der Waals surface area contributed by atoms with Crippen molar-refractivity contribution in [3.63, 3.8) is 0 Å². The van der Waals surface area contributed by atoms with Crippen molar-refractivity contribution in [1.29, 1.82) is 0 Å². The zero-order valence-electron chi connectivity index (χ0n) is 6.77. The molecule has 1 heterocycles. The highest BCUT2D eigenvalue weighted by molar-refractivity contribution is 5.41. The molecule has 1 rings (SSSR count). The smallest absolute Gasteiger partial charge is 0.0705 e. The Balaban J connectivity index is 2.93. The van der Waals surface area contributed by atoms with E-state index >= 15 is 0 Å². The lowest BCUT2D eigenvalue weighted by atomic mass is 10.2. The van der Waals surface area contributed by atoms with Crippen LogP contribution >= 0.6 is 0 Å². The molecule has 0 bridgehead atoms. The Morgan fingerprint density at radius 2 is 2.42 bits per heavy atom. The molecule has 0 aliphatic heterocycles. The zero-order valence-corrected chi connectivity index (χ0v) is 6.77. The van der Waals surface area contributed by atoms with E-state index < -0.39 is 6.04 Å². The SMILES string of the molecule is C=Cc1cccc([C@H](N)CO)n1. The summed E-state index contributed by atoms with van der Waals surface area (Å²) in [6, 6.07) is 5.06. The number of nitrogens with two attached hydrogens (primary N) is 1. The van der Waals surface area contributed by atoms with Crippen LogP contribution in [-0.2, 0) is 0 Å². The molecule has 0 amide bonds. The Kier molecular flexibility index (Phi) is 2.96. The second kappa shape index (κ2) is 3.99. The summed E-state index contributed by atoms with van der Waals surface area (Å²) in [5, 5.41) is 8.76. The number of aliphatic hydroxyl groups excluding tert-OH is 1. The molecule has 1 atom stereocenters. The minimum atomic E-state index is -0.398. The first-order chi connectivity index (χ1) is 5.77. The van der Waals surface area contributed by atoms with E-state index in [9.17, 15) is 0 Å². The van der Waals surface area contributed by atoms with E-state index in [0.29, 0.717) is 5.69 Å². The lowest BCUT2D eigenvalue weighted by Crippen LogP contribution is -2.16. The number of hydrogen-bond acceptors (Lipinski definition) is 3. The van der Waals surface area contributed by atoms with Crippen molar-refractivity contribution < 1.29 is 5.11 Å². The molecule has 0 radical (unpaired) electrons. The van der Waals surface area contributed by atoms with Crippen molar-refractivity contribution in [2.75, 3.05) is 6.61 Å². The van der Waals surface area contributed by atoms with Crippen molar-refractivity contribution in [2.24, 2.45) is 5.73 Å². The minimum absolute atomic E-state index is 0.0897. The van der Waals surface area contributed by atoms with Crippen LogP contribution in [0.25, 0.3) is 6.08 Å². The van der Waals surface area contributed by atoms with Gasteiger partial charge in [0.15, 0.2) is 0 Å². The fraction of sp³-hybridized carbons (Fsp3) is 0.222. The summed E-state index contributed by atoms with van der Waals surface area (Å²) in [5.41, 5.74) is 7.04. The number of aliphatic hydroxyl groups is 1. The topological polar surface area (TPSA) is 59.1 Å². The molecule has 12 heavy (non-hydrogen) atoms. The van der Waals surface area contributed by atoms with Crippen LogP contribution in [0.2, 0.25) is 0 Å². The van der Waals surface area contributed by atoms with E-state index in [2.05, 4.69) is 11.6 Å². The fourth-order valence-corrected chi connectivity index (χ4v) is 0.883. The van der Waals surface area contributed by atoms with Gasteiger partial charge >= 0.3 is 0 Å². The molecule has 3 nitrogen and oxygen atoms in total. The van der Waals surface area contributed by atoms with Crippen molar-refractivity contribution in [3.8, 4) is 0 Å². The van der Waals surface area contributed by atoms with Gasteiger partial charge in [-0.1, -0.05) is 12.6 Å². The average molecular weight is 164 g/mol. The predicted molar refractivity (Wildman–Crippen MR) is 48.3 cm³/mol. The van der Waals surface area contributed by atoms with Gasteiger partial charge in [-0.2, -0.15) is 0 Å². The van der Waals surface area contributed by atoms with Crippen molar-refractivity contribution in [1.82, 2.24) is 4.98 Å². The molecule has 0 unspecified atom stereocenters. The molecular weight excluding hydrogens is 152 g/mol. The van der Waals surface area contributed by atoms with E-state index in [-0.39, 0.29) is 6.61 Å². The summed E-state index contributed by atoms with van der Waals surface area (Å²) in [6.45, 7) is 3.50. The van der Waals surface area contributed by atoms with Gasteiger partial charge in [0, 0.05) is 0 Å². The highest BCUT2D eigenvalue weighted by Gasteiger charge is 2.04. The fourth-order valence-electron chi connectivity index (χ4n) is 0.883. The maximum Gasteiger partial charge on any atom is 0.0705 e. The third-order valence-electron chi connectivity index (χ3n) is 1.58. The summed E-state index contributed by atoms with van der Waals surface area (Å²) in [7, 11) is 0. The van der Waals surface area contributed by atoms with Crippen LogP contribution in [0, 0.1) is 0 Å². The maximum atomic E-state index is 8.76. The van der Waals surface area contributed by atoms with Crippen LogP contribution in [-0.4, -0.2) is 16.7 Å². The molecule has 0 saturated carbocycles. The molecular formula is C9H12N2O. The first kappa shape index (κ1) is 8.90. The van der Waals surface area contributed by atoms with Gasteiger partial charge in [-0.3, -0.25) is 4.98 Å². The van der Waals surface area contributed by atoms with E-state index in [4.69, 9.17) is 10.8 Å². The van der Waals surface area contributed by atoms with Crippen LogP contribution < -0.4 is 5.73 Å². The molecule has 0 aliphatic carbocycles. The van der Waals surface area contributed by atoms with Gasteiger partial charge in [-0.05, 0) is 18.2 Å². The van der Waals surface area contributed by atoms with Gasteiger partial charge in [0.1, 0.15) is 0 Å². The predicted octanol–water partition coefficient (Wildman–Crippen LogP) is 0.717. The third kappa shape index (κ3) is 1.90. The quantitative estimate of drug-likeness (QED) is 0.692. The Morgan fingerprint density at radius 1 is 1.67 bits per heavy atom. The second-order valence-electron chi connectivity index (χ2n) is 2.48. The summed E-state index contributed by atoms with van der Waals surface area (Å²) >= 11 is 0. The number of pyridine rings is 1. The van der Waals surface area contributed by atoms with Gasteiger partial charge in [0.25, 0.3) is 0 Å². The highest BCUT2D eigenvalue weighted by atomic mass is 16.3. The second-order valence-corrected chi connectivity index (χ2v) is 2.48. The lowest BCUT2D eigenvalue weighted by molar-refractivity contribution is 0.266.